The number of aryl methyl sites for hydroxylation is 1. The molecule has 1 aromatic carbocycles. The van der Waals surface area contributed by atoms with Crippen molar-refractivity contribution in [2.75, 3.05) is 0 Å². The fourth-order valence-corrected chi connectivity index (χ4v) is 3.86. The van der Waals surface area contributed by atoms with Gasteiger partial charge in [0, 0.05) is 22.2 Å². The molecule has 0 spiro atoms. The minimum atomic E-state index is 0.356. The van der Waals surface area contributed by atoms with E-state index in [2.05, 4.69) is 47.7 Å². The summed E-state index contributed by atoms with van der Waals surface area (Å²) in [4.78, 5) is 7.41. The molecule has 0 radical (unpaired) electrons. The monoisotopic (exact) mass is 304 g/mol. The molecule has 1 atom stereocenters. The molecule has 104 valence electrons. The first-order valence-corrected chi connectivity index (χ1v) is 8.11. The van der Waals surface area contributed by atoms with Crippen molar-refractivity contribution in [3.8, 4) is 0 Å². The number of imidazole rings is 1. The van der Waals surface area contributed by atoms with Gasteiger partial charge in [0.05, 0.1) is 16.9 Å². The van der Waals surface area contributed by atoms with Crippen LogP contribution in [0.1, 0.15) is 28.5 Å². The number of thiophene rings is 1. The van der Waals surface area contributed by atoms with Crippen molar-refractivity contribution in [2.45, 2.75) is 32.2 Å². The predicted octanol–water partition coefficient (Wildman–Crippen LogP) is 4.95. The zero-order chi connectivity index (χ0) is 14.1. The summed E-state index contributed by atoms with van der Waals surface area (Å²) in [6.45, 7) is 4.38. The van der Waals surface area contributed by atoms with E-state index in [1.807, 2.05) is 23.5 Å². The highest BCUT2D eigenvalue weighted by molar-refractivity contribution is 7.11. The summed E-state index contributed by atoms with van der Waals surface area (Å²) in [5, 5.41) is 0. The van der Waals surface area contributed by atoms with E-state index < -0.39 is 0 Å². The molecule has 0 N–H and O–H groups in total. The van der Waals surface area contributed by atoms with Crippen LogP contribution in [0.5, 0.6) is 0 Å². The van der Waals surface area contributed by atoms with Crippen molar-refractivity contribution in [1.29, 1.82) is 0 Å². The van der Waals surface area contributed by atoms with E-state index in [0.717, 1.165) is 17.8 Å². The Morgan fingerprint density at radius 1 is 1.25 bits per heavy atom. The molecule has 0 aliphatic carbocycles. The molecule has 0 saturated heterocycles. The third-order valence-electron chi connectivity index (χ3n) is 3.52. The average molecular weight is 305 g/mol. The van der Waals surface area contributed by atoms with Gasteiger partial charge in [0.1, 0.15) is 5.82 Å². The zero-order valence-electron chi connectivity index (χ0n) is 11.6. The maximum Gasteiger partial charge on any atom is 0.125 e. The van der Waals surface area contributed by atoms with Gasteiger partial charge in [0.25, 0.3) is 0 Å². The number of fused-ring (bicyclic) bond motifs is 1. The fraction of sp³-hybridized carbons (Fsp3) is 0.312. The van der Waals surface area contributed by atoms with Crippen molar-refractivity contribution in [3.63, 3.8) is 0 Å². The van der Waals surface area contributed by atoms with Gasteiger partial charge in [-0.15, -0.1) is 22.9 Å². The molecule has 3 aromatic rings. The molecule has 4 heteroatoms. The first-order valence-electron chi connectivity index (χ1n) is 6.76. The highest BCUT2D eigenvalue weighted by Gasteiger charge is 2.15. The van der Waals surface area contributed by atoms with E-state index in [4.69, 9.17) is 11.6 Å². The Labute approximate surface area is 128 Å². The van der Waals surface area contributed by atoms with E-state index in [1.165, 1.54) is 15.3 Å². The first kappa shape index (κ1) is 13.7. The molecule has 3 rings (SSSR count). The first-order chi connectivity index (χ1) is 9.69. The van der Waals surface area contributed by atoms with Crippen molar-refractivity contribution in [2.24, 2.45) is 0 Å². The maximum absolute atomic E-state index is 6.07. The lowest BCUT2D eigenvalue weighted by molar-refractivity contribution is 0.547. The van der Waals surface area contributed by atoms with Crippen LogP contribution >= 0.6 is 22.9 Å². The number of para-hydroxylation sites is 2. The van der Waals surface area contributed by atoms with Crippen LogP contribution in [0.25, 0.3) is 11.0 Å². The number of nitrogens with zero attached hydrogens (tertiary/aromatic N) is 2. The number of benzene rings is 1. The highest BCUT2D eigenvalue weighted by Crippen LogP contribution is 2.26. The van der Waals surface area contributed by atoms with Crippen LogP contribution in [0.2, 0.25) is 0 Å². The van der Waals surface area contributed by atoms with Crippen molar-refractivity contribution < 1.29 is 0 Å². The molecule has 0 bridgehead atoms. The van der Waals surface area contributed by atoms with Crippen LogP contribution in [0.4, 0.5) is 0 Å². The summed E-state index contributed by atoms with van der Waals surface area (Å²) in [5.41, 5.74) is 2.20. The summed E-state index contributed by atoms with van der Waals surface area (Å²) in [7, 11) is 0. The average Bonchev–Trinajstić information content (AvgIpc) is 3.01. The molecule has 0 aliphatic rings. The number of halogens is 1. The van der Waals surface area contributed by atoms with Crippen LogP contribution in [0.3, 0.4) is 0 Å². The van der Waals surface area contributed by atoms with Gasteiger partial charge in [-0.1, -0.05) is 12.1 Å². The number of aromatic nitrogens is 2. The van der Waals surface area contributed by atoms with Gasteiger partial charge in [-0.05, 0) is 38.1 Å². The van der Waals surface area contributed by atoms with E-state index in [-0.39, 0.29) is 0 Å². The smallest absolute Gasteiger partial charge is 0.125 e. The molecule has 0 aliphatic heterocycles. The third-order valence-corrected chi connectivity index (χ3v) is 4.78. The molecule has 2 heterocycles. The van der Waals surface area contributed by atoms with Gasteiger partial charge < -0.3 is 4.57 Å². The lowest BCUT2D eigenvalue weighted by atomic mass is 10.2. The largest absolute Gasteiger partial charge is 0.324 e. The summed E-state index contributed by atoms with van der Waals surface area (Å²) in [5.74, 6) is 1.40. The SMILES string of the molecule is Cc1ccc(CC(C)n2c(CCl)nc3ccccc32)s1. The maximum atomic E-state index is 6.07. The standard InChI is InChI=1S/C16H17ClN2S/c1-11(9-13-8-7-12(2)20-13)19-15-6-4-3-5-14(15)18-16(19)10-17/h3-8,11H,9-10H2,1-2H3. The van der Waals surface area contributed by atoms with E-state index in [9.17, 15) is 0 Å². The normalized spacial score (nSPS) is 12.9. The molecule has 0 saturated carbocycles. The highest BCUT2D eigenvalue weighted by atomic mass is 35.5. The number of hydrogen-bond donors (Lipinski definition) is 0. The Hall–Kier alpha value is -1.32. The van der Waals surface area contributed by atoms with Crippen LogP contribution in [-0.4, -0.2) is 9.55 Å². The van der Waals surface area contributed by atoms with Crippen LogP contribution in [0, 0.1) is 6.92 Å². The van der Waals surface area contributed by atoms with Crippen LogP contribution < -0.4 is 0 Å². The Morgan fingerprint density at radius 2 is 2.05 bits per heavy atom. The molecule has 2 aromatic heterocycles. The topological polar surface area (TPSA) is 17.8 Å². The Kier molecular flexibility index (Phi) is 3.81. The molecule has 2 nitrogen and oxygen atoms in total. The fourth-order valence-electron chi connectivity index (χ4n) is 2.66. The Morgan fingerprint density at radius 3 is 2.75 bits per heavy atom. The third kappa shape index (κ3) is 2.48. The second kappa shape index (κ2) is 5.58. The summed E-state index contributed by atoms with van der Waals surface area (Å²) in [6, 6.07) is 13.0. The minimum absolute atomic E-state index is 0.356. The molecular formula is C16H17ClN2S. The number of rotatable bonds is 4. The molecule has 0 amide bonds. The molecular weight excluding hydrogens is 288 g/mol. The molecule has 0 fully saturated rings. The lowest BCUT2D eigenvalue weighted by Gasteiger charge is -2.16. The van der Waals surface area contributed by atoms with Gasteiger partial charge in [0.15, 0.2) is 0 Å². The number of hydrogen-bond acceptors (Lipinski definition) is 2. The molecule has 20 heavy (non-hydrogen) atoms. The summed E-state index contributed by atoms with van der Waals surface area (Å²) >= 11 is 7.94. The van der Waals surface area contributed by atoms with E-state index in [1.54, 1.807) is 0 Å². The van der Waals surface area contributed by atoms with E-state index >= 15 is 0 Å². The lowest BCUT2D eigenvalue weighted by Crippen LogP contribution is -2.10. The van der Waals surface area contributed by atoms with Crippen LogP contribution in [0.15, 0.2) is 36.4 Å². The summed E-state index contributed by atoms with van der Waals surface area (Å²) in [6.07, 6.45) is 1.02. The zero-order valence-corrected chi connectivity index (χ0v) is 13.2. The second-order valence-electron chi connectivity index (χ2n) is 5.09. The van der Waals surface area contributed by atoms with Crippen molar-refractivity contribution in [1.82, 2.24) is 9.55 Å². The summed E-state index contributed by atoms with van der Waals surface area (Å²) < 4.78 is 2.28. The van der Waals surface area contributed by atoms with E-state index in [0.29, 0.717) is 11.9 Å². The van der Waals surface area contributed by atoms with Gasteiger partial charge in [-0.3, -0.25) is 0 Å². The van der Waals surface area contributed by atoms with Crippen LogP contribution in [-0.2, 0) is 12.3 Å². The van der Waals surface area contributed by atoms with Gasteiger partial charge >= 0.3 is 0 Å². The van der Waals surface area contributed by atoms with Crippen molar-refractivity contribution in [3.05, 3.63) is 52.0 Å². The second-order valence-corrected chi connectivity index (χ2v) is 6.73. The minimum Gasteiger partial charge on any atom is -0.324 e. The predicted molar refractivity (Wildman–Crippen MR) is 86.8 cm³/mol. The number of alkyl halides is 1. The van der Waals surface area contributed by atoms with Gasteiger partial charge in [-0.25, -0.2) is 4.98 Å². The molecule has 1 unspecified atom stereocenters. The van der Waals surface area contributed by atoms with Crippen molar-refractivity contribution >= 4 is 34.0 Å². The Bertz CT molecular complexity index is 729. The Balaban J connectivity index is 1.99. The van der Waals surface area contributed by atoms with Gasteiger partial charge in [-0.2, -0.15) is 0 Å². The van der Waals surface area contributed by atoms with Gasteiger partial charge in [0.2, 0.25) is 0 Å². The quantitative estimate of drug-likeness (QED) is 0.624.